The SMILES string of the molecule is COc1ccc(CN2CCN(C3CC4(CCN(c5ccc(C(=O)NS(=O)(=O)c6cnc(NCC7CCC(C)(O)CC7)c([N+](=O)[O-])c6)c(Oc6cc7c(F)c[nH]c7nc6OC)c5)CC4)C3)[C@H](c3ccccc3C(C)(F)F)C2)cc1. The molecular weight excluding hydrogens is 1030 g/mol. The number of hydrogen-bond acceptors (Lipinski definition) is 15. The van der Waals surface area contributed by atoms with E-state index in [-0.39, 0.29) is 68.8 Å². The highest BCUT2D eigenvalue weighted by Crippen LogP contribution is 2.54. The van der Waals surface area contributed by atoms with Crippen LogP contribution in [0, 0.1) is 27.3 Å². The normalized spacial score (nSPS) is 21.3. The number of benzene rings is 3. The third-order valence-electron chi connectivity index (χ3n) is 16.3. The minimum atomic E-state index is -4.78. The zero-order valence-electron chi connectivity index (χ0n) is 43.9. The highest BCUT2D eigenvalue weighted by atomic mass is 32.2. The van der Waals surface area contributed by atoms with Gasteiger partial charge in [-0.15, -0.1) is 0 Å². The van der Waals surface area contributed by atoms with Crippen LogP contribution in [-0.4, -0.2) is 114 Å². The Labute approximate surface area is 450 Å². The summed E-state index contributed by atoms with van der Waals surface area (Å²) in [5.41, 5.74) is 1.04. The molecule has 78 heavy (non-hydrogen) atoms. The molecule has 1 spiro atoms. The zero-order chi connectivity index (χ0) is 55.1. The molecule has 2 aliphatic carbocycles. The number of H-pyrrole nitrogens is 1. The van der Waals surface area contributed by atoms with E-state index < -0.39 is 48.8 Å². The van der Waals surface area contributed by atoms with E-state index >= 15 is 8.78 Å². The number of methoxy groups -OCH3 is 2. The third-order valence-corrected chi connectivity index (χ3v) is 17.6. The van der Waals surface area contributed by atoms with E-state index in [4.69, 9.17) is 14.2 Å². The van der Waals surface area contributed by atoms with E-state index in [0.29, 0.717) is 69.7 Å². The average molecular weight is 1100 g/mol. The molecule has 3 aromatic carbocycles. The smallest absolute Gasteiger partial charge is 0.312 e. The number of piperidine rings is 1. The molecule has 0 unspecified atom stereocenters. The van der Waals surface area contributed by atoms with Crippen LogP contribution in [0.3, 0.4) is 0 Å². The van der Waals surface area contributed by atoms with Gasteiger partial charge in [0.15, 0.2) is 5.75 Å². The lowest BCUT2D eigenvalue weighted by Crippen LogP contribution is -2.60. The number of carbonyl (C=O) groups is 1. The molecule has 2 saturated heterocycles. The van der Waals surface area contributed by atoms with Gasteiger partial charge in [-0.05, 0) is 105 Å². The van der Waals surface area contributed by atoms with Crippen molar-refractivity contribution in [3.63, 3.8) is 0 Å². The summed E-state index contributed by atoms with van der Waals surface area (Å²) in [5, 5.41) is 25.6. The van der Waals surface area contributed by atoms with E-state index in [1.165, 1.54) is 25.3 Å². The molecule has 18 nitrogen and oxygen atoms in total. The first-order valence-corrected chi connectivity index (χ1v) is 27.7. The van der Waals surface area contributed by atoms with Crippen molar-refractivity contribution < 1.29 is 50.6 Å². The number of hydrogen-bond donors (Lipinski definition) is 4. The number of nitro groups is 1. The van der Waals surface area contributed by atoms with Gasteiger partial charge >= 0.3 is 5.69 Å². The fourth-order valence-electron chi connectivity index (χ4n) is 11.8. The Morgan fingerprint density at radius 1 is 0.962 bits per heavy atom. The quantitative estimate of drug-likeness (QED) is 0.0494. The number of pyridine rings is 2. The topological polar surface area (TPSA) is 218 Å². The molecule has 6 aromatic rings. The predicted octanol–water partition coefficient (Wildman–Crippen LogP) is 9.71. The molecule has 0 radical (unpaired) electrons. The molecule has 2 aliphatic heterocycles. The van der Waals surface area contributed by atoms with E-state index in [1.54, 1.807) is 32.2 Å². The lowest BCUT2D eigenvalue weighted by atomic mass is 9.59. The second-order valence-corrected chi connectivity index (χ2v) is 23.4. The Hall–Kier alpha value is -7.01. The second kappa shape index (κ2) is 21.7. The van der Waals surface area contributed by atoms with Gasteiger partial charge in [0.2, 0.25) is 5.82 Å². The van der Waals surface area contributed by atoms with Crippen molar-refractivity contribution >= 4 is 44.2 Å². The number of nitrogens with one attached hydrogen (secondary N) is 3. The van der Waals surface area contributed by atoms with Crippen molar-refractivity contribution in [2.75, 3.05) is 63.7 Å². The molecule has 3 aromatic heterocycles. The first-order chi connectivity index (χ1) is 37.2. The number of aromatic nitrogens is 3. The first-order valence-electron chi connectivity index (χ1n) is 26.2. The Balaban J connectivity index is 0.860. The monoisotopic (exact) mass is 1100 g/mol. The van der Waals surface area contributed by atoms with Crippen molar-refractivity contribution in [1.82, 2.24) is 29.5 Å². The highest BCUT2D eigenvalue weighted by molar-refractivity contribution is 7.90. The van der Waals surface area contributed by atoms with Crippen LogP contribution in [-0.2, 0) is 22.5 Å². The van der Waals surface area contributed by atoms with Crippen LogP contribution in [0.5, 0.6) is 23.1 Å². The van der Waals surface area contributed by atoms with Crippen molar-refractivity contribution in [1.29, 1.82) is 0 Å². The van der Waals surface area contributed by atoms with Gasteiger partial charge in [0.1, 0.15) is 27.9 Å². The van der Waals surface area contributed by atoms with Gasteiger partial charge in [-0.2, -0.15) is 4.98 Å². The molecule has 10 rings (SSSR count). The number of halogens is 3. The van der Waals surface area contributed by atoms with Gasteiger partial charge in [0.05, 0.1) is 41.9 Å². The number of amides is 1. The molecule has 4 fully saturated rings. The lowest BCUT2D eigenvalue weighted by Gasteiger charge is -2.58. The molecule has 4 N–H and O–H groups in total. The Morgan fingerprint density at radius 3 is 2.38 bits per heavy atom. The van der Waals surface area contributed by atoms with E-state index in [0.717, 1.165) is 75.5 Å². The van der Waals surface area contributed by atoms with E-state index in [1.807, 2.05) is 41.1 Å². The molecule has 2 saturated carbocycles. The maximum Gasteiger partial charge on any atom is 0.312 e. The van der Waals surface area contributed by atoms with Crippen LogP contribution in [0.25, 0.3) is 11.0 Å². The van der Waals surface area contributed by atoms with Gasteiger partial charge in [-0.25, -0.2) is 31.3 Å². The molecular formula is C56H64F3N9O9S. The number of anilines is 2. The molecule has 22 heteroatoms. The largest absolute Gasteiger partial charge is 0.497 e. The minimum absolute atomic E-state index is 0.0133. The standard InChI is InChI=1S/C56H64F3N9O9S/c1-54(70)17-15-35(16-18-54)30-60-51-46(68(71)72)26-40(31-61-51)78(73,74)64-52(69)42-14-11-37(25-48(42)77-49-27-43-45(57)32-62-50(43)63-53(49)76-4)66-21-19-56(20-22-66)28-38(29-56)67-24-23-65(33-36-9-12-39(75-3)13-10-36)34-47(67)41-7-5-6-8-44(41)55(2,58)59/h5-14,25-27,31-32,35,38,47,70H,15-24,28-30,33-34H2,1-4H3,(H,60,61)(H,62,63)(H,64,69)/t35?,47-,54?/m0/s1. The zero-order valence-corrected chi connectivity index (χ0v) is 44.8. The molecule has 0 bridgehead atoms. The maximum atomic E-state index is 15.3. The number of piperazine rings is 1. The van der Waals surface area contributed by atoms with Crippen molar-refractivity contribution in [3.8, 4) is 23.1 Å². The summed E-state index contributed by atoms with van der Waals surface area (Å²) in [6, 6.07) is 21.6. The lowest BCUT2D eigenvalue weighted by molar-refractivity contribution is -0.384. The summed E-state index contributed by atoms with van der Waals surface area (Å²) in [7, 11) is -1.81. The maximum absolute atomic E-state index is 15.3. The second-order valence-electron chi connectivity index (χ2n) is 21.7. The van der Waals surface area contributed by atoms with Crippen LogP contribution in [0.1, 0.15) is 98.3 Å². The van der Waals surface area contributed by atoms with Gasteiger partial charge in [0, 0.05) is 100 Å². The number of alkyl halides is 2. The number of aromatic amines is 1. The number of nitrogens with zero attached hydrogens (tertiary/aromatic N) is 6. The summed E-state index contributed by atoms with van der Waals surface area (Å²) in [5.74, 6) is -4.26. The Morgan fingerprint density at radius 2 is 1.69 bits per heavy atom. The average Bonchev–Trinajstić information content (AvgIpc) is 3.85. The Bertz CT molecular complexity index is 3300. The number of sulfonamides is 1. The van der Waals surface area contributed by atoms with Crippen LogP contribution in [0.15, 0.2) is 96.2 Å². The number of fused-ring (bicyclic) bond motifs is 1. The highest BCUT2D eigenvalue weighted by Gasteiger charge is 2.50. The fourth-order valence-corrected chi connectivity index (χ4v) is 12.8. The summed E-state index contributed by atoms with van der Waals surface area (Å²) < 4.78 is 92.4. The Kier molecular flexibility index (Phi) is 15.1. The van der Waals surface area contributed by atoms with Crippen LogP contribution in [0.2, 0.25) is 0 Å². The van der Waals surface area contributed by atoms with Crippen molar-refractivity contribution in [2.45, 2.75) is 100 Å². The van der Waals surface area contributed by atoms with Crippen molar-refractivity contribution in [2.24, 2.45) is 11.3 Å². The molecule has 1 atom stereocenters. The van der Waals surface area contributed by atoms with E-state index in [9.17, 15) is 32.8 Å². The first kappa shape index (κ1) is 54.3. The number of rotatable bonds is 17. The fraction of sp³-hybridized carbons (Fsp3) is 0.446. The summed E-state index contributed by atoms with van der Waals surface area (Å²) in [6.45, 7) is 7.08. The van der Waals surface area contributed by atoms with Gasteiger partial charge in [0.25, 0.3) is 27.7 Å². The molecule has 5 heterocycles. The minimum Gasteiger partial charge on any atom is -0.497 e. The molecule has 1 amide bonds. The van der Waals surface area contributed by atoms with Crippen molar-refractivity contribution in [3.05, 3.63) is 129 Å². The number of carbonyl (C=O) groups excluding carboxylic acids is 1. The summed E-state index contributed by atoms with van der Waals surface area (Å²) >= 11 is 0. The number of ether oxygens (including phenoxy) is 3. The van der Waals surface area contributed by atoms with Crippen LogP contribution >= 0.6 is 0 Å². The third kappa shape index (κ3) is 11.6. The van der Waals surface area contributed by atoms with Crippen LogP contribution < -0.4 is 29.1 Å². The van der Waals surface area contributed by atoms with Gasteiger partial charge < -0.3 is 34.5 Å². The van der Waals surface area contributed by atoms with Crippen LogP contribution in [0.4, 0.5) is 30.4 Å². The van der Waals surface area contributed by atoms with Gasteiger partial charge in [-0.3, -0.25) is 24.7 Å². The van der Waals surface area contributed by atoms with Gasteiger partial charge in [-0.1, -0.05) is 36.4 Å². The molecule has 414 valence electrons. The summed E-state index contributed by atoms with van der Waals surface area (Å²) in [6.07, 6.45) is 8.04. The van der Waals surface area contributed by atoms with E-state index in [2.05, 4.69) is 35.0 Å². The molecule has 4 aliphatic rings. The number of aliphatic hydroxyl groups is 1. The predicted molar refractivity (Wildman–Crippen MR) is 286 cm³/mol. The summed E-state index contributed by atoms with van der Waals surface area (Å²) in [4.78, 5) is 43.1.